The molecule has 5 rings (SSSR count). The summed E-state index contributed by atoms with van der Waals surface area (Å²) in [5.41, 5.74) is 2.77. The highest BCUT2D eigenvalue weighted by atomic mass is 19.1. The third-order valence-corrected chi connectivity index (χ3v) is 5.65. The molecule has 0 radical (unpaired) electrons. The zero-order chi connectivity index (χ0) is 21.0. The van der Waals surface area contributed by atoms with Gasteiger partial charge in [-0.15, -0.1) is 0 Å². The largest absolute Gasteiger partial charge is 0.366 e. The molecule has 3 aromatic carbocycles. The van der Waals surface area contributed by atoms with Gasteiger partial charge in [0.15, 0.2) is 0 Å². The van der Waals surface area contributed by atoms with Gasteiger partial charge in [0, 0.05) is 38.1 Å². The molecule has 31 heavy (non-hydrogen) atoms. The van der Waals surface area contributed by atoms with E-state index in [2.05, 4.69) is 27.2 Å². The highest BCUT2D eigenvalue weighted by Gasteiger charge is 2.22. The summed E-state index contributed by atoms with van der Waals surface area (Å²) in [6.07, 6.45) is 0. The van der Waals surface area contributed by atoms with E-state index < -0.39 is 0 Å². The second kappa shape index (κ2) is 8.60. The number of hydrogen-bond donors (Lipinski definition) is 1. The Morgan fingerprint density at radius 1 is 0.742 bits per heavy atom. The van der Waals surface area contributed by atoms with Crippen molar-refractivity contribution in [1.82, 2.24) is 9.97 Å². The lowest BCUT2D eigenvalue weighted by Gasteiger charge is -2.36. The van der Waals surface area contributed by atoms with Crippen molar-refractivity contribution in [1.29, 1.82) is 0 Å². The fraction of sp³-hybridized carbons (Fsp3) is 0.200. The van der Waals surface area contributed by atoms with E-state index in [1.807, 2.05) is 54.6 Å². The Balaban J connectivity index is 1.37. The van der Waals surface area contributed by atoms with Crippen LogP contribution >= 0.6 is 0 Å². The third kappa shape index (κ3) is 4.14. The first-order chi connectivity index (χ1) is 15.3. The quantitative estimate of drug-likeness (QED) is 0.513. The van der Waals surface area contributed by atoms with Crippen LogP contribution < -0.4 is 15.1 Å². The van der Waals surface area contributed by atoms with E-state index in [1.165, 1.54) is 11.6 Å². The first kappa shape index (κ1) is 19.3. The number of piperazine rings is 1. The van der Waals surface area contributed by atoms with Crippen LogP contribution in [-0.2, 0) is 6.54 Å². The van der Waals surface area contributed by atoms with E-state index in [0.29, 0.717) is 18.2 Å². The van der Waals surface area contributed by atoms with Crippen molar-refractivity contribution in [3.63, 3.8) is 0 Å². The van der Waals surface area contributed by atoms with E-state index in [9.17, 15) is 4.39 Å². The minimum atomic E-state index is -0.176. The summed E-state index contributed by atoms with van der Waals surface area (Å²) in [6.45, 7) is 3.63. The zero-order valence-corrected chi connectivity index (χ0v) is 17.2. The monoisotopic (exact) mass is 413 g/mol. The van der Waals surface area contributed by atoms with Crippen LogP contribution in [0.15, 0.2) is 78.9 Å². The molecule has 1 N–H and O–H groups in total. The van der Waals surface area contributed by atoms with Crippen LogP contribution in [0.3, 0.4) is 0 Å². The van der Waals surface area contributed by atoms with Gasteiger partial charge in [-0.25, -0.2) is 9.37 Å². The van der Waals surface area contributed by atoms with Crippen LogP contribution in [0.1, 0.15) is 5.56 Å². The minimum absolute atomic E-state index is 0.176. The Kier molecular flexibility index (Phi) is 5.35. The average molecular weight is 414 g/mol. The van der Waals surface area contributed by atoms with Crippen LogP contribution in [0.25, 0.3) is 10.9 Å². The molecule has 1 aliphatic heterocycles. The number of para-hydroxylation sites is 2. The molecule has 1 aromatic heterocycles. The molecule has 1 saturated heterocycles. The molecular formula is C25H24FN5. The number of rotatable bonds is 5. The lowest BCUT2D eigenvalue weighted by atomic mass is 10.2. The lowest BCUT2D eigenvalue weighted by molar-refractivity contribution is 0.594. The topological polar surface area (TPSA) is 44.3 Å². The normalized spacial score (nSPS) is 14.1. The predicted molar refractivity (Wildman–Crippen MR) is 124 cm³/mol. The molecule has 0 spiro atoms. The maximum absolute atomic E-state index is 14.2. The smallest absolute Gasteiger partial charge is 0.228 e. The van der Waals surface area contributed by atoms with Gasteiger partial charge in [0.05, 0.1) is 11.2 Å². The van der Waals surface area contributed by atoms with Crippen molar-refractivity contribution in [3.05, 3.63) is 90.2 Å². The van der Waals surface area contributed by atoms with Gasteiger partial charge in [-0.3, -0.25) is 0 Å². The maximum atomic E-state index is 14.2. The van der Waals surface area contributed by atoms with E-state index >= 15 is 0 Å². The molecule has 0 saturated carbocycles. The number of aromatic nitrogens is 2. The van der Waals surface area contributed by atoms with Gasteiger partial charge in [0.25, 0.3) is 0 Å². The molecule has 0 aliphatic carbocycles. The van der Waals surface area contributed by atoms with Crippen molar-refractivity contribution in [3.8, 4) is 0 Å². The van der Waals surface area contributed by atoms with Gasteiger partial charge in [0.1, 0.15) is 11.6 Å². The molecule has 0 unspecified atom stereocenters. The molecule has 0 amide bonds. The van der Waals surface area contributed by atoms with Crippen molar-refractivity contribution < 1.29 is 4.39 Å². The van der Waals surface area contributed by atoms with Crippen molar-refractivity contribution in [2.24, 2.45) is 0 Å². The van der Waals surface area contributed by atoms with Crippen LogP contribution in [-0.4, -0.2) is 36.1 Å². The number of benzene rings is 3. The highest BCUT2D eigenvalue weighted by Crippen LogP contribution is 2.26. The number of anilines is 3. The van der Waals surface area contributed by atoms with Crippen LogP contribution in [0.4, 0.5) is 21.8 Å². The Morgan fingerprint density at radius 2 is 1.42 bits per heavy atom. The van der Waals surface area contributed by atoms with Crippen molar-refractivity contribution in [2.45, 2.75) is 6.54 Å². The van der Waals surface area contributed by atoms with Gasteiger partial charge in [-0.2, -0.15) is 4.98 Å². The predicted octanol–water partition coefficient (Wildman–Crippen LogP) is 4.71. The van der Waals surface area contributed by atoms with E-state index in [1.54, 1.807) is 6.07 Å². The average Bonchev–Trinajstić information content (AvgIpc) is 2.83. The first-order valence-corrected chi connectivity index (χ1v) is 10.6. The van der Waals surface area contributed by atoms with Gasteiger partial charge < -0.3 is 15.1 Å². The molecule has 1 fully saturated rings. The summed E-state index contributed by atoms with van der Waals surface area (Å²) in [4.78, 5) is 13.9. The summed E-state index contributed by atoms with van der Waals surface area (Å²) < 4.78 is 14.2. The number of fused-ring (bicyclic) bond motifs is 1. The Morgan fingerprint density at radius 3 is 2.23 bits per heavy atom. The van der Waals surface area contributed by atoms with Gasteiger partial charge in [0.2, 0.25) is 5.95 Å². The molecule has 5 nitrogen and oxygen atoms in total. The number of halogens is 1. The van der Waals surface area contributed by atoms with Gasteiger partial charge in [-0.05, 0) is 29.8 Å². The molecule has 0 atom stereocenters. The minimum Gasteiger partial charge on any atom is -0.366 e. The number of hydrogen-bond acceptors (Lipinski definition) is 5. The second-order valence-electron chi connectivity index (χ2n) is 7.65. The summed E-state index contributed by atoms with van der Waals surface area (Å²) >= 11 is 0. The summed E-state index contributed by atoms with van der Waals surface area (Å²) in [6, 6.07) is 25.3. The second-order valence-corrected chi connectivity index (χ2v) is 7.65. The summed E-state index contributed by atoms with van der Waals surface area (Å²) in [7, 11) is 0. The molecule has 6 heteroatoms. The van der Waals surface area contributed by atoms with Crippen molar-refractivity contribution in [2.75, 3.05) is 41.3 Å². The fourth-order valence-corrected chi connectivity index (χ4v) is 3.98. The summed E-state index contributed by atoms with van der Waals surface area (Å²) in [5.74, 6) is 1.37. The molecule has 1 aliphatic rings. The van der Waals surface area contributed by atoms with Gasteiger partial charge >= 0.3 is 0 Å². The molecule has 156 valence electrons. The molecule has 4 aromatic rings. The summed E-state index contributed by atoms with van der Waals surface area (Å²) in [5, 5.41) is 4.49. The van der Waals surface area contributed by atoms with Gasteiger partial charge in [-0.1, -0.05) is 54.6 Å². The van der Waals surface area contributed by atoms with Crippen LogP contribution in [0, 0.1) is 5.82 Å². The zero-order valence-electron chi connectivity index (χ0n) is 17.2. The number of nitrogens with one attached hydrogen (secondary N) is 1. The maximum Gasteiger partial charge on any atom is 0.228 e. The highest BCUT2D eigenvalue weighted by molar-refractivity contribution is 5.90. The standard InChI is InChI=1S/C25H24FN5/c26-21-11-5-7-13-23(21)30-14-16-31(17-15-30)25-28-22-12-6-4-10-20(22)24(29-25)27-18-19-8-2-1-3-9-19/h1-13H,14-18H2,(H,27,28,29). The Bertz CT molecular complexity index is 1170. The van der Waals surface area contributed by atoms with E-state index in [4.69, 9.17) is 9.97 Å². The Hall–Kier alpha value is -3.67. The van der Waals surface area contributed by atoms with Crippen LogP contribution in [0.2, 0.25) is 0 Å². The van der Waals surface area contributed by atoms with E-state index in [0.717, 1.165) is 42.9 Å². The molecule has 2 heterocycles. The van der Waals surface area contributed by atoms with Crippen molar-refractivity contribution >= 4 is 28.4 Å². The number of nitrogens with zero attached hydrogens (tertiary/aromatic N) is 4. The third-order valence-electron chi connectivity index (χ3n) is 5.65. The lowest BCUT2D eigenvalue weighted by Crippen LogP contribution is -2.47. The first-order valence-electron chi connectivity index (χ1n) is 10.6. The fourth-order valence-electron chi connectivity index (χ4n) is 3.98. The molecule has 0 bridgehead atoms. The Labute approximate surface area is 181 Å². The van der Waals surface area contributed by atoms with E-state index in [-0.39, 0.29) is 5.82 Å². The SMILES string of the molecule is Fc1ccccc1N1CCN(c2nc(NCc3ccccc3)c3ccccc3n2)CC1. The van der Waals surface area contributed by atoms with Crippen LogP contribution in [0.5, 0.6) is 0 Å². The molecular weight excluding hydrogens is 389 g/mol.